The van der Waals surface area contributed by atoms with E-state index in [4.69, 9.17) is 4.74 Å². The minimum absolute atomic E-state index is 0.0429. The van der Waals surface area contributed by atoms with Crippen LogP contribution in [0.1, 0.15) is 25.7 Å². The Labute approximate surface area is 168 Å². The molecule has 0 unspecified atom stereocenters. The fraction of sp³-hybridized carbons (Fsp3) is 0.550. The molecule has 2 N–H and O–H groups in total. The van der Waals surface area contributed by atoms with E-state index in [1.807, 2.05) is 24.3 Å². The molecule has 3 aliphatic heterocycles. The number of ether oxygens (including phenoxy) is 1. The standard InChI is InChI=1S/C20H25N3O4S/c24-18(21-12-14-4-3-11-27-14)13-7-9-23(10-8-13)20(26)17-19(25)22-15-5-1-2-6-16(15)28-17/h1-2,5-6,13-14,17H,3-4,7-12H2,(H,21,24)(H,22,25)/t14-,17-/m0/s1. The first-order valence-electron chi connectivity index (χ1n) is 9.86. The summed E-state index contributed by atoms with van der Waals surface area (Å²) < 4.78 is 5.53. The highest BCUT2D eigenvalue weighted by atomic mass is 32.2. The summed E-state index contributed by atoms with van der Waals surface area (Å²) in [6.45, 7) is 2.35. The fourth-order valence-corrected chi connectivity index (χ4v) is 4.98. The van der Waals surface area contributed by atoms with Gasteiger partial charge in [0, 0.05) is 37.1 Å². The average molecular weight is 404 g/mol. The molecular formula is C20H25N3O4S. The van der Waals surface area contributed by atoms with Crippen molar-refractivity contribution < 1.29 is 19.1 Å². The van der Waals surface area contributed by atoms with Crippen LogP contribution in [0.25, 0.3) is 0 Å². The summed E-state index contributed by atoms with van der Waals surface area (Å²) in [5, 5.41) is 5.04. The molecule has 0 aromatic heterocycles. The van der Waals surface area contributed by atoms with E-state index in [-0.39, 0.29) is 29.7 Å². The normalized spacial score (nSPS) is 25.1. The predicted molar refractivity (Wildman–Crippen MR) is 106 cm³/mol. The first-order valence-corrected chi connectivity index (χ1v) is 10.7. The maximum absolute atomic E-state index is 12.9. The monoisotopic (exact) mass is 403 g/mol. The van der Waals surface area contributed by atoms with E-state index >= 15 is 0 Å². The minimum atomic E-state index is -0.764. The number of hydrogen-bond acceptors (Lipinski definition) is 5. The van der Waals surface area contributed by atoms with Crippen LogP contribution in [-0.4, -0.2) is 60.2 Å². The van der Waals surface area contributed by atoms with Gasteiger partial charge in [-0.25, -0.2) is 0 Å². The van der Waals surface area contributed by atoms with E-state index in [9.17, 15) is 14.4 Å². The molecule has 7 nitrogen and oxygen atoms in total. The molecule has 0 aliphatic carbocycles. The fourth-order valence-electron chi connectivity index (χ4n) is 3.91. The van der Waals surface area contributed by atoms with Crippen LogP contribution in [0.2, 0.25) is 0 Å². The SMILES string of the molecule is O=C(NC[C@@H]1CCCO1)C1CCN(C(=O)[C@H]2Sc3ccccc3NC2=O)CC1. The first-order chi connectivity index (χ1) is 13.6. The average Bonchev–Trinajstić information content (AvgIpc) is 3.25. The number of carbonyl (C=O) groups excluding carboxylic acids is 3. The quantitative estimate of drug-likeness (QED) is 0.746. The van der Waals surface area contributed by atoms with Crippen LogP contribution < -0.4 is 10.6 Å². The third kappa shape index (κ3) is 4.17. The van der Waals surface area contributed by atoms with Crippen LogP contribution >= 0.6 is 11.8 Å². The van der Waals surface area contributed by atoms with Crippen molar-refractivity contribution >= 4 is 35.2 Å². The van der Waals surface area contributed by atoms with Crippen LogP contribution in [0, 0.1) is 5.92 Å². The summed E-state index contributed by atoms with van der Waals surface area (Å²) in [5.41, 5.74) is 0.753. The van der Waals surface area contributed by atoms with Crippen LogP contribution in [0.5, 0.6) is 0 Å². The molecule has 28 heavy (non-hydrogen) atoms. The van der Waals surface area contributed by atoms with E-state index in [0.29, 0.717) is 32.5 Å². The van der Waals surface area contributed by atoms with Crippen LogP contribution in [0.3, 0.4) is 0 Å². The highest BCUT2D eigenvalue weighted by molar-refractivity contribution is 8.01. The van der Waals surface area contributed by atoms with Crippen molar-refractivity contribution in [3.05, 3.63) is 24.3 Å². The molecule has 1 aromatic carbocycles. The van der Waals surface area contributed by atoms with Gasteiger partial charge in [0.25, 0.3) is 0 Å². The van der Waals surface area contributed by atoms with Gasteiger partial charge < -0.3 is 20.3 Å². The Bertz CT molecular complexity index is 758. The Morgan fingerprint density at radius 1 is 1.21 bits per heavy atom. The lowest BCUT2D eigenvalue weighted by Gasteiger charge is -2.34. The molecule has 1 aromatic rings. The number of rotatable bonds is 4. The van der Waals surface area contributed by atoms with E-state index in [1.165, 1.54) is 11.8 Å². The van der Waals surface area contributed by atoms with Gasteiger partial charge in [-0.05, 0) is 37.8 Å². The second-order valence-corrected chi connectivity index (χ2v) is 8.61. The maximum Gasteiger partial charge on any atom is 0.247 e. The van der Waals surface area contributed by atoms with Crippen molar-refractivity contribution in [1.82, 2.24) is 10.2 Å². The first kappa shape index (κ1) is 19.3. The highest BCUT2D eigenvalue weighted by Gasteiger charge is 2.37. The molecule has 2 saturated heterocycles. The van der Waals surface area contributed by atoms with Gasteiger partial charge in [-0.2, -0.15) is 0 Å². The highest BCUT2D eigenvalue weighted by Crippen LogP contribution is 2.36. The third-order valence-electron chi connectivity index (χ3n) is 5.56. The molecule has 0 spiro atoms. The zero-order chi connectivity index (χ0) is 19.5. The molecule has 2 atom stereocenters. The van der Waals surface area contributed by atoms with Crippen molar-refractivity contribution in [2.24, 2.45) is 5.92 Å². The summed E-state index contributed by atoms with van der Waals surface area (Å²) in [6.07, 6.45) is 3.43. The van der Waals surface area contributed by atoms with E-state index in [0.717, 1.165) is 30.0 Å². The van der Waals surface area contributed by atoms with Gasteiger partial charge in [-0.15, -0.1) is 11.8 Å². The third-order valence-corrected chi connectivity index (χ3v) is 6.82. The van der Waals surface area contributed by atoms with Gasteiger partial charge in [0.15, 0.2) is 5.25 Å². The zero-order valence-electron chi connectivity index (χ0n) is 15.7. The molecule has 3 aliphatic rings. The van der Waals surface area contributed by atoms with Crippen molar-refractivity contribution in [2.45, 2.75) is 41.9 Å². The maximum atomic E-state index is 12.9. The van der Waals surface area contributed by atoms with Gasteiger partial charge in [-0.1, -0.05) is 12.1 Å². The Hall–Kier alpha value is -2.06. The summed E-state index contributed by atoms with van der Waals surface area (Å²) in [5.74, 6) is -0.485. The van der Waals surface area contributed by atoms with Gasteiger partial charge in [0.2, 0.25) is 17.7 Å². The molecule has 150 valence electrons. The Balaban J connectivity index is 1.28. The van der Waals surface area contributed by atoms with Crippen LogP contribution in [0.4, 0.5) is 5.69 Å². The second kappa shape index (κ2) is 8.53. The lowest BCUT2D eigenvalue weighted by atomic mass is 9.95. The number of nitrogens with one attached hydrogen (secondary N) is 2. The number of amides is 3. The van der Waals surface area contributed by atoms with E-state index < -0.39 is 5.25 Å². The predicted octanol–water partition coefficient (Wildman–Crippen LogP) is 1.63. The summed E-state index contributed by atoms with van der Waals surface area (Å²) in [4.78, 5) is 40.3. The Morgan fingerprint density at radius 2 is 2.00 bits per heavy atom. The van der Waals surface area contributed by atoms with Gasteiger partial charge in [0.05, 0.1) is 11.8 Å². The van der Waals surface area contributed by atoms with Crippen molar-refractivity contribution in [3.8, 4) is 0 Å². The molecule has 8 heteroatoms. The van der Waals surface area contributed by atoms with Gasteiger partial charge in [-0.3, -0.25) is 14.4 Å². The number of hydrogen-bond donors (Lipinski definition) is 2. The number of carbonyl (C=O) groups is 3. The molecular weight excluding hydrogens is 378 g/mol. The molecule has 0 radical (unpaired) electrons. The van der Waals surface area contributed by atoms with E-state index in [1.54, 1.807) is 4.90 Å². The van der Waals surface area contributed by atoms with E-state index in [2.05, 4.69) is 10.6 Å². The molecule has 3 heterocycles. The number of benzene rings is 1. The topological polar surface area (TPSA) is 87.7 Å². The lowest BCUT2D eigenvalue weighted by molar-refractivity contribution is -0.137. The number of nitrogens with zero attached hydrogens (tertiary/aromatic N) is 1. The van der Waals surface area contributed by atoms with Crippen molar-refractivity contribution in [3.63, 3.8) is 0 Å². The number of piperidine rings is 1. The molecule has 4 rings (SSSR count). The summed E-state index contributed by atoms with van der Waals surface area (Å²) in [7, 11) is 0. The Morgan fingerprint density at radius 3 is 2.75 bits per heavy atom. The van der Waals surface area contributed by atoms with Gasteiger partial charge >= 0.3 is 0 Å². The zero-order valence-corrected chi connectivity index (χ0v) is 16.5. The van der Waals surface area contributed by atoms with Crippen LogP contribution in [-0.2, 0) is 19.1 Å². The smallest absolute Gasteiger partial charge is 0.247 e. The van der Waals surface area contributed by atoms with Crippen LogP contribution in [0.15, 0.2) is 29.2 Å². The molecule has 2 fully saturated rings. The number of fused-ring (bicyclic) bond motifs is 1. The number of para-hydroxylation sites is 1. The Kier molecular flexibility index (Phi) is 5.87. The second-order valence-electron chi connectivity index (χ2n) is 7.46. The lowest BCUT2D eigenvalue weighted by Crippen LogP contribution is -2.49. The molecule has 3 amide bonds. The minimum Gasteiger partial charge on any atom is -0.376 e. The van der Waals surface area contributed by atoms with Crippen molar-refractivity contribution in [2.75, 3.05) is 31.6 Å². The summed E-state index contributed by atoms with van der Waals surface area (Å²) in [6, 6.07) is 7.49. The number of thioether (sulfide) groups is 1. The molecule has 0 saturated carbocycles. The largest absolute Gasteiger partial charge is 0.376 e. The number of anilines is 1. The number of likely N-dealkylation sites (tertiary alicyclic amines) is 1. The van der Waals surface area contributed by atoms with Gasteiger partial charge in [0.1, 0.15) is 0 Å². The molecule has 0 bridgehead atoms. The van der Waals surface area contributed by atoms with Crippen molar-refractivity contribution in [1.29, 1.82) is 0 Å². The summed E-state index contributed by atoms with van der Waals surface area (Å²) >= 11 is 1.30.